The van der Waals surface area contributed by atoms with Crippen LogP contribution in [0.1, 0.15) is 13.8 Å². The van der Waals surface area contributed by atoms with Gasteiger partial charge >= 0.3 is 5.97 Å². The third kappa shape index (κ3) is 1.06. The van der Waals surface area contributed by atoms with Gasteiger partial charge in [0.15, 0.2) is 0 Å². The number of hydrogen-bond donors (Lipinski definition) is 1. The zero-order valence-corrected chi connectivity index (χ0v) is 6.24. The highest BCUT2D eigenvalue weighted by Crippen LogP contribution is 2.46. The van der Waals surface area contributed by atoms with Gasteiger partial charge in [-0.2, -0.15) is 0 Å². The maximum atomic E-state index is 10.4. The van der Waals surface area contributed by atoms with E-state index in [1.807, 2.05) is 26.0 Å². The van der Waals surface area contributed by atoms with E-state index in [0.29, 0.717) is 11.8 Å². The highest BCUT2D eigenvalue weighted by Gasteiger charge is 2.49. The highest BCUT2D eigenvalue weighted by atomic mass is 16.4. The maximum absolute atomic E-state index is 10.4. The first-order valence-corrected chi connectivity index (χ1v) is 3.54. The fraction of sp³-hybridized carbons (Fsp3) is 0.625. The van der Waals surface area contributed by atoms with Crippen LogP contribution < -0.4 is 0 Å². The summed E-state index contributed by atoms with van der Waals surface area (Å²) in [6, 6.07) is 0. The van der Waals surface area contributed by atoms with Gasteiger partial charge in [-0.1, -0.05) is 19.1 Å². The molecule has 3 atom stereocenters. The molecule has 56 valence electrons. The van der Waals surface area contributed by atoms with Crippen LogP contribution in [0.4, 0.5) is 0 Å². The standard InChI is InChI=1S/C8H12O2/c1-3-4-6-5(2)7(6)8(9)10/h3-7H,1-2H3,(H,9,10)/b4-3+. The fourth-order valence-corrected chi connectivity index (χ4v) is 1.40. The molecular formula is C8H12O2. The van der Waals surface area contributed by atoms with Crippen molar-refractivity contribution in [3.63, 3.8) is 0 Å². The molecule has 0 radical (unpaired) electrons. The van der Waals surface area contributed by atoms with Gasteiger partial charge in [-0.05, 0) is 18.8 Å². The normalized spacial score (nSPS) is 38.4. The number of hydrogen-bond acceptors (Lipinski definition) is 1. The lowest BCUT2D eigenvalue weighted by atomic mass is 10.3. The van der Waals surface area contributed by atoms with Crippen LogP contribution >= 0.6 is 0 Å². The molecule has 1 N–H and O–H groups in total. The molecule has 1 saturated carbocycles. The molecule has 0 aromatic rings. The molecule has 1 fully saturated rings. The summed E-state index contributed by atoms with van der Waals surface area (Å²) in [5.74, 6) is -0.136. The van der Waals surface area contributed by atoms with Gasteiger partial charge in [-0.25, -0.2) is 0 Å². The number of rotatable bonds is 2. The lowest BCUT2D eigenvalue weighted by Gasteiger charge is -1.82. The van der Waals surface area contributed by atoms with Crippen molar-refractivity contribution in [2.75, 3.05) is 0 Å². The number of carbonyl (C=O) groups is 1. The molecule has 1 aliphatic rings. The minimum absolute atomic E-state index is 0.115. The number of carboxylic acids is 1. The third-order valence-electron chi connectivity index (χ3n) is 2.15. The van der Waals surface area contributed by atoms with E-state index < -0.39 is 5.97 Å². The van der Waals surface area contributed by atoms with Crippen LogP contribution in [0.5, 0.6) is 0 Å². The molecule has 0 spiro atoms. The quantitative estimate of drug-likeness (QED) is 0.590. The molecule has 10 heavy (non-hydrogen) atoms. The van der Waals surface area contributed by atoms with E-state index >= 15 is 0 Å². The Labute approximate surface area is 60.6 Å². The second-order valence-electron chi connectivity index (χ2n) is 2.83. The molecule has 0 aliphatic heterocycles. The Hall–Kier alpha value is -0.790. The molecule has 2 nitrogen and oxygen atoms in total. The highest BCUT2D eigenvalue weighted by molar-refractivity contribution is 5.74. The average molecular weight is 140 g/mol. The molecule has 2 heteroatoms. The van der Waals surface area contributed by atoms with Gasteiger partial charge in [0.05, 0.1) is 5.92 Å². The summed E-state index contributed by atoms with van der Waals surface area (Å²) in [5.41, 5.74) is 0. The first-order chi connectivity index (χ1) is 4.68. The predicted octanol–water partition coefficient (Wildman–Crippen LogP) is 1.53. The SMILES string of the molecule is C/C=C/C1C(C)C1C(=O)O. The first kappa shape index (κ1) is 7.32. The summed E-state index contributed by atoms with van der Waals surface area (Å²) in [5, 5.41) is 8.59. The predicted molar refractivity (Wildman–Crippen MR) is 38.6 cm³/mol. The van der Waals surface area contributed by atoms with E-state index in [1.54, 1.807) is 0 Å². The molecular weight excluding hydrogens is 128 g/mol. The van der Waals surface area contributed by atoms with Gasteiger partial charge in [-0.15, -0.1) is 0 Å². The fourth-order valence-electron chi connectivity index (χ4n) is 1.40. The van der Waals surface area contributed by atoms with Crippen LogP contribution in [0.25, 0.3) is 0 Å². The zero-order chi connectivity index (χ0) is 7.72. The summed E-state index contributed by atoms with van der Waals surface area (Å²) in [6.45, 7) is 3.90. The molecule has 0 amide bonds. The largest absolute Gasteiger partial charge is 0.481 e. The summed E-state index contributed by atoms with van der Waals surface area (Å²) in [4.78, 5) is 10.4. The monoisotopic (exact) mass is 140 g/mol. The molecule has 3 unspecified atom stereocenters. The lowest BCUT2D eigenvalue weighted by molar-refractivity contribution is -0.139. The Kier molecular flexibility index (Phi) is 1.79. The number of aliphatic carboxylic acids is 1. The van der Waals surface area contributed by atoms with Gasteiger partial charge in [0.2, 0.25) is 0 Å². The summed E-state index contributed by atoms with van der Waals surface area (Å²) < 4.78 is 0. The van der Waals surface area contributed by atoms with Crippen molar-refractivity contribution >= 4 is 5.97 Å². The molecule has 0 heterocycles. The van der Waals surface area contributed by atoms with Crippen molar-refractivity contribution < 1.29 is 9.90 Å². The minimum atomic E-state index is -0.657. The van der Waals surface area contributed by atoms with Gasteiger partial charge in [0.25, 0.3) is 0 Å². The van der Waals surface area contributed by atoms with Gasteiger partial charge in [0.1, 0.15) is 0 Å². The van der Waals surface area contributed by atoms with E-state index in [-0.39, 0.29) is 5.92 Å². The maximum Gasteiger partial charge on any atom is 0.307 e. The first-order valence-electron chi connectivity index (χ1n) is 3.54. The van der Waals surface area contributed by atoms with Crippen LogP contribution in [0.3, 0.4) is 0 Å². The summed E-state index contributed by atoms with van der Waals surface area (Å²) in [7, 11) is 0. The topological polar surface area (TPSA) is 37.3 Å². The molecule has 0 aromatic heterocycles. The van der Waals surface area contributed by atoms with Crippen LogP contribution in [0.2, 0.25) is 0 Å². The van der Waals surface area contributed by atoms with Crippen molar-refractivity contribution in [1.82, 2.24) is 0 Å². The van der Waals surface area contributed by atoms with Gasteiger partial charge < -0.3 is 5.11 Å². The Balaban J connectivity index is 2.49. The Bertz CT molecular complexity index is 172. The lowest BCUT2D eigenvalue weighted by Crippen LogP contribution is -1.99. The van der Waals surface area contributed by atoms with Crippen molar-refractivity contribution in [2.24, 2.45) is 17.8 Å². The smallest absolute Gasteiger partial charge is 0.307 e. The van der Waals surface area contributed by atoms with Crippen LogP contribution in [-0.2, 0) is 4.79 Å². The van der Waals surface area contributed by atoms with Gasteiger partial charge in [-0.3, -0.25) is 4.79 Å². The van der Waals surface area contributed by atoms with Crippen molar-refractivity contribution in [3.8, 4) is 0 Å². The Morgan fingerprint density at radius 1 is 1.60 bits per heavy atom. The number of carboxylic acid groups (broad SMARTS) is 1. The molecule has 0 bridgehead atoms. The Morgan fingerprint density at radius 3 is 2.50 bits per heavy atom. The second-order valence-corrected chi connectivity index (χ2v) is 2.83. The van der Waals surface area contributed by atoms with E-state index in [9.17, 15) is 4.79 Å². The van der Waals surface area contributed by atoms with E-state index in [1.165, 1.54) is 0 Å². The number of allylic oxidation sites excluding steroid dienone is 2. The summed E-state index contributed by atoms with van der Waals surface area (Å²) >= 11 is 0. The summed E-state index contributed by atoms with van der Waals surface area (Å²) in [6.07, 6.45) is 3.90. The minimum Gasteiger partial charge on any atom is -0.481 e. The Morgan fingerprint density at radius 2 is 2.20 bits per heavy atom. The van der Waals surface area contributed by atoms with E-state index in [4.69, 9.17) is 5.11 Å². The van der Waals surface area contributed by atoms with Crippen LogP contribution in [0, 0.1) is 17.8 Å². The molecule has 1 rings (SSSR count). The molecule has 0 saturated heterocycles. The van der Waals surface area contributed by atoms with Crippen molar-refractivity contribution in [1.29, 1.82) is 0 Å². The molecule has 1 aliphatic carbocycles. The van der Waals surface area contributed by atoms with Crippen molar-refractivity contribution in [3.05, 3.63) is 12.2 Å². The van der Waals surface area contributed by atoms with Crippen molar-refractivity contribution in [2.45, 2.75) is 13.8 Å². The molecule has 0 aromatic carbocycles. The third-order valence-corrected chi connectivity index (χ3v) is 2.15. The second kappa shape index (κ2) is 2.45. The van der Waals surface area contributed by atoms with Crippen LogP contribution in [-0.4, -0.2) is 11.1 Å². The zero-order valence-electron chi connectivity index (χ0n) is 6.24. The van der Waals surface area contributed by atoms with Gasteiger partial charge in [0, 0.05) is 0 Å². The van der Waals surface area contributed by atoms with E-state index in [0.717, 1.165) is 0 Å². The van der Waals surface area contributed by atoms with Crippen LogP contribution in [0.15, 0.2) is 12.2 Å². The average Bonchev–Trinajstić information content (AvgIpc) is 2.43. The van der Waals surface area contributed by atoms with E-state index in [2.05, 4.69) is 0 Å².